The summed E-state index contributed by atoms with van der Waals surface area (Å²) in [6.07, 6.45) is 0.159. The van der Waals surface area contributed by atoms with E-state index in [-0.39, 0.29) is 12.4 Å². The number of carbonyl (C=O) groups excluding carboxylic acids is 1. The molecule has 82 valence electrons. The van der Waals surface area contributed by atoms with Crippen LogP contribution in [-0.2, 0) is 21.3 Å². The molecular formula is C10H9BrCl2O2. The first-order valence-corrected chi connectivity index (χ1v) is 6.05. The van der Waals surface area contributed by atoms with Gasteiger partial charge in [0.2, 0.25) is 0 Å². The van der Waals surface area contributed by atoms with Crippen molar-refractivity contribution < 1.29 is 9.53 Å². The summed E-state index contributed by atoms with van der Waals surface area (Å²) < 4.78 is 4.57. The Bertz CT molecular complexity index is 380. The van der Waals surface area contributed by atoms with Crippen molar-refractivity contribution in [1.29, 1.82) is 0 Å². The predicted octanol–water partition coefficient (Wildman–Crippen LogP) is 3.60. The van der Waals surface area contributed by atoms with Gasteiger partial charge in [0, 0.05) is 15.4 Å². The molecular weight excluding hydrogens is 303 g/mol. The molecule has 0 radical (unpaired) electrons. The van der Waals surface area contributed by atoms with E-state index in [1.807, 2.05) is 0 Å². The number of alkyl halides is 1. The van der Waals surface area contributed by atoms with Crippen molar-refractivity contribution in [2.24, 2.45) is 0 Å². The van der Waals surface area contributed by atoms with E-state index >= 15 is 0 Å². The Morgan fingerprint density at radius 3 is 2.47 bits per heavy atom. The van der Waals surface area contributed by atoms with E-state index in [4.69, 9.17) is 23.2 Å². The standard InChI is InChI=1S/C10H9BrCl2O2/c1-15-10(14)3-6-2-7(5-11)9(13)4-8(6)12/h2,4H,3,5H2,1H3. The van der Waals surface area contributed by atoms with Crippen LogP contribution < -0.4 is 0 Å². The summed E-state index contributed by atoms with van der Waals surface area (Å²) >= 11 is 15.2. The molecule has 0 N–H and O–H groups in total. The molecule has 0 aliphatic heterocycles. The second kappa shape index (κ2) is 5.73. The van der Waals surface area contributed by atoms with Gasteiger partial charge in [-0.2, -0.15) is 0 Å². The van der Waals surface area contributed by atoms with Gasteiger partial charge in [-0.3, -0.25) is 4.79 Å². The third kappa shape index (κ3) is 3.37. The minimum Gasteiger partial charge on any atom is -0.469 e. The van der Waals surface area contributed by atoms with Gasteiger partial charge in [0.05, 0.1) is 13.5 Å². The summed E-state index contributed by atoms with van der Waals surface area (Å²) in [6.45, 7) is 0. The first-order chi connectivity index (χ1) is 7.08. The lowest BCUT2D eigenvalue weighted by atomic mass is 10.1. The Hall–Kier alpha value is -0.250. The van der Waals surface area contributed by atoms with Gasteiger partial charge >= 0.3 is 5.97 Å². The van der Waals surface area contributed by atoms with E-state index in [2.05, 4.69) is 20.7 Å². The van der Waals surface area contributed by atoms with Gasteiger partial charge < -0.3 is 4.74 Å². The summed E-state index contributed by atoms with van der Waals surface area (Å²) in [6, 6.07) is 3.44. The number of halogens is 3. The van der Waals surface area contributed by atoms with Gasteiger partial charge in [0.25, 0.3) is 0 Å². The van der Waals surface area contributed by atoms with Gasteiger partial charge in [-0.15, -0.1) is 0 Å². The zero-order chi connectivity index (χ0) is 11.4. The second-order valence-electron chi connectivity index (χ2n) is 2.92. The van der Waals surface area contributed by atoms with Crippen LogP contribution in [0, 0.1) is 0 Å². The highest BCUT2D eigenvalue weighted by Gasteiger charge is 2.10. The summed E-state index contributed by atoms with van der Waals surface area (Å²) in [4.78, 5) is 11.1. The normalized spacial score (nSPS) is 10.1. The number of hydrogen-bond acceptors (Lipinski definition) is 2. The van der Waals surface area contributed by atoms with Crippen molar-refractivity contribution >= 4 is 45.1 Å². The van der Waals surface area contributed by atoms with Crippen molar-refractivity contribution in [3.8, 4) is 0 Å². The van der Waals surface area contributed by atoms with Crippen LogP contribution in [0.1, 0.15) is 11.1 Å². The molecule has 0 aliphatic rings. The lowest BCUT2D eigenvalue weighted by Gasteiger charge is -2.07. The van der Waals surface area contributed by atoms with Crippen LogP contribution in [0.3, 0.4) is 0 Å². The second-order valence-corrected chi connectivity index (χ2v) is 4.30. The van der Waals surface area contributed by atoms with Crippen molar-refractivity contribution in [3.63, 3.8) is 0 Å². The molecule has 0 aliphatic carbocycles. The Balaban J connectivity index is 3.02. The van der Waals surface area contributed by atoms with Crippen LogP contribution in [0.5, 0.6) is 0 Å². The number of ether oxygens (including phenoxy) is 1. The lowest BCUT2D eigenvalue weighted by Crippen LogP contribution is -2.05. The molecule has 1 aromatic rings. The van der Waals surface area contributed by atoms with E-state index < -0.39 is 0 Å². The van der Waals surface area contributed by atoms with Gasteiger partial charge in [-0.25, -0.2) is 0 Å². The molecule has 0 fully saturated rings. The summed E-state index contributed by atoms with van der Waals surface area (Å²) in [5, 5.41) is 1.69. The fraction of sp³-hybridized carbons (Fsp3) is 0.300. The third-order valence-corrected chi connectivity index (χ3v) is 3.23. The molecule has 15 heavy (non-hydrogen) atoms. The molecule has 0 heterocycles. The van der Waals surface area contributed by atoms with Crippen LogP contribution >= 0.6 is 39.1 Å². The molecule has 1 rings (SSSR count). The molecule has 2 nitrogen and oxygen atoms in total. The highest BCUT2D eigenvalue weighted by Crippen LogP contribution is 2.27. The van der Waals surface area contributed by atoms with Gasteiger partial charge in [0.15, 0.2) is 0 Å². The Kier molecular flexibility index (Phi) is 4.90. The fourth-order valence-corrected chi connectivity index (χ4v) is 2.25. The quantitative estimate of drug-likeness (QED) is 0.630. The van der Waals surface area contributed by atoms with Crippen LogP contribution in [0.2, 0.25) is 10.0 Å². The maximum Gasteiger partial charge on any atom is 0.310 e. The molecule has 0 bridgehead atoms. The van der Waals surface area contributed by atoms with Crippen molar-refractivity contribution in [2.75, 3.05) is 7.11 Å². The van der Waals surface area contributed by atoms with Crippen molar-refractivity contribution in [2.45, 2.75) is 11.8 Å². The number of methoxy groups -OCH3 is 1. The largest absolute Gasteiger partial charge is 0.469 e. The molecule has 5 heteroatoms. The molecule has 0 unspecified atom stereocenters. The average Bonchev–Trinajstić information content (AvgIpc) is 2.21. The zero-order valence-electron chi connectivity index (χ0n) is 8.02. The molecule has 0 aromatic heterocycles. The predicted molar refractivity (Wildman–Crippen MR) is 64.8 cm³/mol. The number of carbonyl (C=O) groups is 1. The summed E-state index contributed by atoms with van der Waals surface area (Å²) in [7, 11) is 1.34. The van der Waals surface area contributed by atoms with E-state index in [0.717, 1.165) is 11.1 Å². The van der Waals surface area contributed by atoms with E-state index in [1.165, 1.54) is 7.11 Å². The maximum absolute atomic E-state index is 11.1. The molecule has 0 amide bonds. The minimum atomic E-state index is -0.320. The summed E-state index contributed by atoms with van der Waals surface area (Å²) in [5.41, 5.74) is 1.63. The Morgan fingerprint density at radius 1 is 1.33 bits per heavy atom. The first-order valence-electron chi connectivity index (χ1n) is 4.18. The van der Waals surface area contributed by atoms with Crippen molar-refractivity contribution in [3.05, 3.63) is 33.3 Å². The van der Waals surface area contributed by atoms with Crippen LogP contribution in [-0.4, -0.2) is 13.1 Å². The highest BCUT2D eigenvalue weighted by molar-refractivity contribution is 9.08. The smallest absolute Gasteiger partial charge is 0.310 e. The fourth-order valence-electron chi connectivity index (χ4n) is 1.11. The lowest BCUT2D eigenvalue weighted by molar-refractivity contribution is -0.139. The maximum atomic E-state index is 11.1. The Labute approximate surface area is 107 Å². The monoisotopic (exact) mass is 310 g/mol. The number of benzene rings is 1. The summed E-state index contributed by atoms with van der Waals surface area (Å²) in [5.74, 6) is -0.320. The van der Waals surface area contributed by atoms with Crippen LogP contribution in [0.25, 0.3) is 0 Å². The Morgan fingerprint density at radius 2 is 1.93 bits per heavy atom. The van der Waals surface area contributed by atoms with E-state index in [0.29, 0.717) is 15.4 Å². The van der Waals surface area contributed by atoms with Gasteiger partial charge in [0.1, 0.15) is 0 Å². The topological polar surface area (TPSA) is 26.3 Å². The zero-order valence-corrected chi connectivity index (χ0v) is 11.1. The molecule has 0 saturated heterocycles. The number of esters is 1. The number of rotatable bonds is 3. The third-order valence-electron chi connectivity index (χ3n) is 1.92. The van der Waals surface area contributed by atoms with Crippen LogP contribution in [0.4, 0.5) is 0 Å². The van der Waals surface area contributed by atoms with E-state index in [9.17, 15) is 4.79 Å². The molecule has 1 aromatic carbocycles. The molecule has 0 atom stereocenters. The first kappa shape index (κ1) is 12.8. The van der Waals surface area contributed by atoms with Gasteiger partial charge in [-0.05, 0) is 17.2 Å². The molecule has 0 saturated carbocycles. The SMILES string of the molecule is COC(=O)Cc1cc(CBr)c(Cl)cc1Cl. The van der Waals surface area contributed by atoms with E-state index in [1.54, 1.807) is 12.1 Å². The highest BCUT2D eigenvalue weighted by atomic mass is 79.9. The number of hydrogen-bond donors (Lipinski definition) is 0. The minimum absolute atomic E-state index is 0.159. The average molecular weight is 312 g/mol. The van der Waals surface area contributed by atoms with Crippen molar-refractivity contribution in [1.82, 2.24) is 0 Å². The molecule has 0 spiro atoms. The van der Waals surface area contributed by atoms with Gasteiger partial charge in [-0.1, -0.05) is 45.2 Å². The van der Waals surface area contributed by atoms with Crippen LogP contribution in [0.15, 0.2) is 12.1 Å².